The standard InChI is InChI=1S/C28H30FN3O4/c1-34-24-12-11-22-25(26(24)35-2)28(33)36-27(22)30-23-6-4-3-5-19(23)13-14-31-15-17-32(18-16-31)21-9-7-20(29)8-10-21/h3-12,27,30H,13-18H2,1-2H3. The summed E-state index contributed by atoms with van der Waals surface area (Å²) in [4.78, 5) is 17.4. The molecule has 188 valence electrons. The summed E-state index contributed by atoms with van der Waals surface area (Å²) < 4.78 is 29.7. The fraction of sp³-hybridized carbons (Fsp3) is 0.321. The third kappa shape index (κ3) is 4.81. The number of hydrogen-bond acceptors (Lipinski definition) is 7. The summed E-state index contributed by atoms with van der Waals surface area (Å²) in [5, 5.41) is 3.41. The van der Waals surface area contributed by atoms with Gasteiger partial charge in [-0.2, -0.15) is 0 Å². The molecule has 3 aromatic carbocycles. The summed E-state index contributed by atoms with van der Waals surface area (Å²) >= 11 is 0. The Kier molecular flexibility index (Phi) is 6.95. The first-order valence-corrected chi connectivity index (χ1v) is 12.1. The molecule has 1 saturated heterocycles. The number of para-hydroxylation sites is 1. The van der Waals surface area contributed by atoms with Gasteiger partial charge in [0.25, 0.3) is 0 Å². The zero-order valence-electron chi connectivity index (χ0n) is 20.5. The summed E-state index contributed by atoms with van der Waals surface area (Å²) in [7, 11) is 3.06. The topological polar surface area (TPSA) is 63.3 Å². The van der Waals surface area contributed by atoms with Crippen LogP contribution >= 0.6 is 0 Å². The van der Waals surface area contributed by atoms with Gasteiger partial charge in [0.15, 0.2) is 11.5 Å². The van der Waals surface area contributed by atoms with Gasteiger partial charge in [-0.3, -0.25) is 4.90 Å². The van der Waals surface area contributed by atoms with Crippen LogP contribution in [0.25, 0.3) is 0 Å². The monoisotopic (exact) mass is 491 g/mol. The van der Waals surface area contributed by atoms with Crippen LogP contribution in [0.5, 0.6) is 11.5 Å². The van der Waals surface area contributed by atoms with Crippen LogP contribution in [-0.4, -0.2) is 57.8 Å². The highest BCUT2D eigenvalue weighted by Crippen LogP contribution is 2.42. The highest BCUT2D eigenvalue weighted by atomic mass is 19.1. The van der Waals surface area contributed by atoms with Crippen molar-refractivity contribution in [3.63, 3.8) is 0 Å². The number of hydrogen-bond donors (Lipinski definition) is 1. The molecule has 1 fully saturated rings. The molecule has 0 saturated carbocycles. The second kappa shape index (κ2) is 10.5. The van der Waals surface area contributed by atoms with Crippen molar-refractivity contribution < 1.29 is 23.4 Å². The highest BCUT2D eigenvalue weighted by Gasteiger charge is 2.36. The number of fused-ring (bicyclic) bond motifs is 1. The Morgan fingerprint density at radius 1 is 0.972 bits per heavy atom. The Morgan fingerprint density at radius 2 is 1.72 bits per heavy atom. The second-order valence-corrected chi connectivity index (χ2v) is 8.91. The minimum atomic E-state index is -0.604. The van der Waals surface area contributed by atoms with Crippen LogP contribution in [0, 0.1) is 5.82 Å². The molecule has 3 aromatic rings. The van der Waals surface area contributed by atoms with Crippen molar-refractivity contribution in [1.82, 2.24) is 4.90 Å². The first kappa shape index (κ1) is 23.9. The lowest BCUT2D eigenvalue weighted by molar-refractivity contribution is 0.0435. The number of cyclic esters (lactones) is 1. The number of nitrogens with zero attached hydrogens (tertiary/aromatic N) is 2. The SMILES string of the molecule is COc1ccc2c(c1OC)C(=O)OC2Nc1ccccc1CCN1CCN(c2ccc(F)cc2)CC1. The average molecular weight is 492 g/mol. The van der Waals surface area contributed by atoms with Crippen LogP contribution in [0.4, 0.5) is 15.8 Å². The fourth-order valence-electron chi connectivity index (χ4n) is 4.89. The molecule has 0 aliphatic carbocycles. The van der Waals surface area contributed by atoms with Crippen LogP contribution in [0.15, 0.2) is 60.7 Å². The molecule has 1 unspecified atom stereocenters. The van der Waals surface area contributed by atoms with E-state index in [-0.39, 0.29) is 5.82 Å². The second-order valence-electron chi connectivity index (χ2n) is 8.91. The molecule has 5 rings (SSSR count). The number of halogens is 1. The first-order chi connectivity index (χ1) is 17.6. The van der Waals surface area contributed by atoms with Crippen molar-refractivity contribution in [3.05, 3.63) is 83.2 Å². The number of nitrogens with one attached hydrogen (secondary N) is 1. The zero-order chi connectivity index (χ0) is 25.1. The largest absolute Gasteiger partial charge is 0.493 e. The molecular weight excluding hydrogens is 461 g/mol. The van der Waals surface area contributed by atoms with E-state index >= 15 is 0 Å². The molecule has 2 aliphatic rings. The summed E-state index contributed by atoms with van der Waals surface area (Å²) in [6.07, 6.45) is 0.256. The number of piperazine rings is 1. The lowest BCUT2D eigenvalue weighted by Gasteiger charge is -2.36. The molecule has 7 nitrogen and oxygen atoms in total. The van der Waals surface area contributed by atoms with Crippen LogP contribution in [0.2, 0.25) is 0 Å². The van der Waals surface area contributed by atoms with Gasteiger partial charge in [0, 0.05) is 49.7 Å². The van der Waals surface area contributed by atoms with E-state index in [1.807, 2.05) is 36.4 Å². The summed E-state index contributed by atoms with van der Waals surface area (Å²) in [5.74, 6) is 0.236. The van der Waals surface area contributed by atoms with Crippen molar-refractivity contribution in [1.29, 1.82) is 0 Å². The van der Waals surface area contributed by atoms with Crippen molar-refractivity contribution in [2.75, 3.05) is 57.2 Å². The minimum absolute atomic E-state index is 0.209. The van der Waals surface area contributed by atoms with Crippen molar-refractivity contribution in [2.45, 2.75) is 12.6 Å². The summed E-state index contributed by atoms with van der Waals surface area (Å²) in [6.45, 7) is 4.63. The van der Waals surface area contributed by atoms with E-state index in [1.54, 1.807) is 13.2 Å². The molecule has 1 atom stereocenters. The molecule has 0 spiro atoms. The van der Waals surface area contributed by atoms with Crippen LogP contribution in [0.3, 0.4) is 0 Å². The van der Waals surface area contributed by atoms with Gasteiger partial charge in [0.2, 0.25) is 6.23 Å². The van der Waals surface area contributed by atoms with Crippen LogP contribution in [0.1, 0.15) is 27.7 Å². The quantitative estimate of drug-likeness (QED) is 0.466. The number of rotatable bonds is 8. The number of methoxy groups -OCH3 is 2. The van der Waals surface area contributed by atoms with E-state index in [0.717, 1.165) is 61.6 Å². The van der Waals surface area contributed by atoms with Crippen molar-refractivity contribution in [3.8, 4) is 11.5 Å². The summed E-state index contributed by atoms with van der Waals surface area (Å²) in [5.41, 5.74) is 4.27. The maximum absolute atomic E-state index is 13.2. The van der Waals surface area contributed by atoms with Gasteiger partial charge in [0.1, 0.15) is 11.4 Å². The number of ether oxygens (including phenoxy) is 3. The van der Waals surface area contributed by atoms with Gasteiger partial charge in [-0.25, -0.2) is 9.18 Å². The van der Waals surface area contributed by atoms with Gasteiger partial charge in [-0.05, 0) is 54.4 Å². The predicted octanol–water partition coefficient (Wildman–Crippen LogP) is 4.49. The number of carbonyl (C=O) groups is 1. The van der Waals surface area contributed by atoms with Crippen molar-refractivity contribution >= 4 is 17.3 Å². The molecule has 1 N–H and O–H groups in total. The van der Waals surface area contributed by atoms with Gasteiger partial charge in [-0.1, -0.05) is 18.2 Å². The first-order valence-electron chi connectivity index (χ1n) is 12.1. The molecule has 2 aliphatic heterocycles. The highest BCUT2D eigenvalue weighted by molar-refractivity contribution is 5.98. The van der Waals surface area contributed by atoms with E-state index in [2.05, 4.69) is 21.2 Å². The molecule has 0 amide bonds. The maximum atomic E-state index is 13.2. The third-order valence-electron chi connectivity index (χ3n) is 6.85. The zero-order valence-corrected chi connectivity index (χ0v) is 20.5. The van der Waals surface area contributed by atoms with E-state index in [4.69, 9.17) is 14.2 Å². The Hall–Kier alpha value is -3.78. The van der Waals surface area contributed by atoms with Gasteiger partial charge >= 0.3 is 5.97 Å². The minimum Gasteiger partial charge on any atom is -0.493 e. The molecule has 0 bridgehead atoms. The average Bonchev–Trinajstić information content (AvgIpc) is 3.23. The van der Waals surface area contributed by atoms with Gasteiger partial charge < -0.3 is 24.4 Å². The van der Waals surface area contributed by atoms with Crippen LogP contribution < -0.4 is 19.7 Å². The molecular formula is C28H30FN3O4. The lowest BCUT2D eigenvalue weighted by Crippen LogP contribution is -2.47. The number of carbonyl (C=O) groups excluding carboxylic acids is 1. The molecule has 8 heteroatoms. The predicted molar refractivity (Wildman–Crippen MR) is 137 cm³/mol. The van der Waals surface area contributed by atoms with E-state index in [0.29, 0.717) is 17.1 Å². The Labute approximate surface area is 210 Å². The number of anilines is 2. The number of esters is 1. The molecule has 0 aromatic heterocycles. The molecule has 0 radical (unpaired) electrons. The Balaban J connectivity index is 1.23. The smallest absolute Gasteiger partial charge is 0.344 e. The number of benzene rings is 3. The summed E-state index contributed by atoms with van der Waals surface area (Å²) in [6, 6.07) is 18.4. The molecule has 2 heterocycles. The maximum Gasteiger partial charge on any atom is 0.344 e. The van der Waals surface area contributed by atoms with Gasteiger partial charge in [-0.15, -0.1) is 0 Å². The lowest BCUT2D eigenvalue weighted by atomic mass is 10.0. The Morgan fingerprint density at radius 3 is 2.44 bits per heavy atom. The van der Waals surface area contributed by atoms with E-state index < -0.39 is 12.2 Å². The Bertz CT molecular complexity index is 1230. The van der Waals surface area contributed by atoms with E-state index in [9.17, 15) is 9.18 Å². The normalized spacial score (nSPS) is 17.5. The third-order valence-corrected chi connectivity index (χ3v) is 6.85. The van der Waals surface area contributed by atoms with Crippen LogP contribution in [-0.2, 0) is 11.2 Å². The van der Waals surface area contributed by atoms with Crippen molar-refractivity contribution in [2.24, 2.45) is 0 Å². The van der Waals surface area contributed by atoms with E-state index in [1.165, 1.54) is 19.2 Å². The molecule has 36 heavy (non-hydrogen) atoms. The van der Waals surface area contributed by atoms with Gasteiger partial charge in [0.05, 0.1) is 14.2 Å². The fourth-order valence-corrected chi connectivity index (χ4v) is 4.89.